The van der Waals surface area contributed by atoms with Gasteiger partial charge in [0, 0.05) is 18.7 Å². The third-order valence-corrected chi connectivity index (χ3v) is 5.52. The molecule has 2 heterocycles. The minimum atomic E-state index is -1.02. The van der Waals surface area contributed by atoms with Gasteiger partial charge < -0.3 is 14.5 Å². The van der Waals surface area contributed by atoms with Crippen molar-refractivity contribution in [2.45, 2.75) is 45.3 Å². The van der Waals surface area contributed by atoms with Crippen molar-refractivity contribution >= 4 is 17.5 Å². The van der Waals surface area contributed by atoms with Gasteiger partial charge in [-0.1, -0.05) is 12.1 Å². The van der Waals surface area contributed by atoms with Gasteiger partial charge in [0.2, 0.25) is 0 Å². The zero-order valence-electron chi connectivity index (χ0n) is 16.8. The number of amides is 2. The highest BCUT2D eigenvalue weighted by Gasteiger charge is 2.41. The zero-order valence-corrected chi connectivity index (χ0v) is 16.8. The highest BCUT2D eigenvalue weighted by Crippen LogP contribution is 2.39. The van der Waals surface area contributed by atoms with Crippen LogP contribution in [-0.2, 0) is 11.3 Å². The Morgan fingerprint density at radius 2 is 1.76 bits per heavy atom. The molecule has 0 N–H and O–H groups in total. The maximum absolute atomic E-state index is 13.3. The second-order valence-corrected chi connectivity index (χ2v) is 8.17. The van der Waals surface area contributed by atoms with E-state index in [4.69, 9.17) is 4.74 Å². The van der Waals surface area contributed by atoms with Gasteiger partial charge in [-0.25, -0.2) is 4.39 Å². The molecular weight excluding hydrogens is 371 g/mol. The molecule has 2 aromatic rings. The van der Waals surface area contributed by atoms with Gasteiger partial charge in [-0.3, -0.25) is 9.59 Å². The highest BCUT2D eigenvalue weighted by molar-refractivity contribution is 6.04. The van der Waals surface area contributed by atoms with Crippen LogP contribution >= 0.6 is 0 Å². The van der Waals surface area contributed by atoms with Crippen molar-refractivity contribution in [2.24, 2.45) is 0 Å². The smallest absolute Gasteiger partial charge is 0.271 e. The number of benzene rings is 2. The van der Waals surface area contributed by atoms with Crippen LogP contribution in [0.5, 0.6) is 5.75 Å². The molecule has 0 aliphatic carbocycles. The van der Waals surface area contributed by atoms with E-state index in [1.54, 1.807) is 49.1 Å². The van der Waals surface area contributed by atoms with Gasteiger partial charge in [0.1, 0.15) is 11.6 Å². The van der Waals surface area contributed by atoms with Crippen molar-refractivity contribution in [3.8, 4) is 5.75 Å². The average molecular weight is 396 g/mol. The summed E-state index contributed by atoms with van der Waals surface area (Å²) >= 11 is 0. The third kappa shape index (κ3) is 3.84. The van der Waals surface area contributed by atoms with E-state index in [9.17, 15) is 14.0 Å². The van der Waals surface area contributed by atoms with Crippen LogP contribution in [0, 0.1) is 5.82 Å². The van der Waals surface area contributed by atoms with Crippen molar-refractivity contribution < 1.29 is 18.7 Å². The van der Waals surface area contributed by atoms with Crippen LogP contribution in [0.25, 0.3) is 0 Å². The Bertz CT molecular complexity index is 934. The lowest BCUT2D eigenvalue weighted by Gasteiger charge is -2.39. The predicted octanol–water partition coefficient (Wildman–Crippen LogP) is 4.16. The Morgan fingerprint density at radius 1 is 1.07 bits per heavy atom. The molecular formula is C23H25FN2O3. The molecule has 2 aliphatic rings. The maximum atomic E-state index is 13.3. The molecule has 5 nitrogen and oxygen atoms in total. The quantitative estimate of drug-likeness (QED) is 0.783. The van der Waals surface area contributed by atoms with Gasteiger partial charge in [-0.2, -0.15) is 0 Å². The molecule has 1 fully saturated rings. The molecule has 2 aromatic carbocycles. The standard InChI is InChI=1S/C23H25FN2O3/c1-23(2)22(28)26(15-16-6-9-18(24)10-7-16)19-14-17(8-11-20(19)29-23)21(27)25-12-4-3-5-13-25/h6-11,14H,3-5,12-13,15H2,1-2H3. The molecule has 29 heavy (non-hydrogen) atoms. The molecule has 4 rings (SSSR count). The molecule has 2 aliphatic heterocycles. The van der Waals surface area contributed by atoms with E-state index in [1.165, 1.54) is 12.1 Å². The average Bonchev–Trinajstić information content (AvgIpc) is 2.72. The second kappa shape index (κ2) is 7.50. The monoisotopic (exact) mass is 396 g/mol. The first-order chi connectivity index (χ1) is 13.8. The van der Waals surface area contributed by atoms with E-state index in [0.29, 0.717) is 17.0 Å². The largest absolute Gasteiger partial charge is 0.476 e. The lowest BCUT2D eigenvalue weighted by Crippen LogP contribution is -2.52. The number of ether oxygens (including phenoxy) is 1. The number of hydrogen-bond acceptors (Lipinski definition) is 3. The van der Waals surface area contributed by atoms with E-state index < -0.39 is 5.60 Å². The summed E-state index contributed by atoms with van der Waals surface area (Å²) in [5, 5.41) is 0. The van der Waals surface area contributed by atoms with Crippen LogP contribution in [0.1, 0.15) is 49.0 Å². The molecule has 0 spiro atoms. The number of likely N-dealkylation sites (tertiary alicyclic amines) is 1. The lowest BCUT2D eigenvalue weighted by molar-refractivity contribution is -0.132. The Kier molecular flexibility index (Phi) is 5.03. The number of piperidine rings is 1. The summed E-state index contributed by atoms with van der Waals surface area (Å²) in [5.41, 5.74) is 0.898. The number of carbonyl (C=O) groups excluding carboxylic acids is 2. The van der Waals surface area contributed by atoms with Crippen molar-refractivity contribution in [2.75, 3.05) is 18.0 Å². The van der Waals surface area contributed by atoms with E-state index in [-0.39, 0.29) is 24.2 Å². The summed E-state index contributed by atoms with van der Waals surface area (Å²) < 4.78 is 19.2. The predicted molar refractivity (Wildman–Crippen MR) is 108 cm³/mol. The molecule has 0 radical (unpaired) electrons. The van der Waals surface area contributed by atoms with E-state index >= 15 is 0 Å². The first kappa shape index (κ1) is 19.4. The maximum Gasteiger partial charge on any atom is 0.271 e. The molecule has 6 heteroatoms. The third-order valence-electron chi connectivity index (χ3n) is 5.52. The Morgan fingerprint density at radius 3 is 2.45 bits per heavy atom. The summed E-state index contributed by atoms with van der Waals surface area (Å²) in [6.07, 6.45) is 3.18. The minimum Gasteiger partial charge on any atom is -0.476 e. The van der Waals surface area contributed by atoms with Gasteiger partial charge in [0.25, 0.3) is 11.8 Å². The molecule has 0 bridgehead atoms. The summed E-state index contributed by atoms with van der Waals surface area (Å²) in [6.45, 7) is 5.25. The molecule has 0 aromatic heterocycles. The van der Waals surface area contributed by atoms with E-state index in [0.717, 1.165) is 37.9 Å². The van der Waals surface area contributed by atoms with Crippen LogP contribution in [0.2, 0.25) is 0 Å². The number of carbonyl (C=O) groups is 2. The van der Waals surface area contributed by atoms with Gasteiger partial charge in [-0.05, 0) is 69.0 Å². The van der Waals surface area contributed by atoms with Gasteiger partial charge >= 0.3 is 0 Å². The zero-order chi connectivity index (χ0) is 20.6. The summed E-state index contributed by atoms with van der Waals surface area (Å²) in [6, 6.07) is 11.3. The van der Waals surface area contributed by atoms with Crippen LogP contribution in [-0.4, -0.2) is 35.4 Å². The highest BCUT2D eigenvalue weighted by atomic mass is 19.1. The molecule has 0 atom stereocenters. The number of fused-ring (bicyclic) bond motifs is 1. The Labute approximate surface area is 170 Å². The van der Waals surface area contributed by atoms with Crippen molar-refractivity contribution in [1.29, 1.82) is 0 Å². The number of anilines is 1. The fraction of sp³-hybridized carbons (Fsp3) is 0.391. The van der Waals surface area contributed by atoms with Gasteiger partial charge in [0.15, 0.2) is 5.60 Å². The summed E-state index contributed by atoms with van der Waals surface area (Å²) in [4.78, 5) is 29.5. The normalized spacial score (nSPS) is 18.2. The van der Waals surface area contributed by atoms with E-state index in [2.05, 4.69) is 0 Å². The molecule has 0 unspecified atom stereocenters. The number of hydrogen-bond donors (Lipinski definition) is 0. The SMILES string of the molecule is CC1(C)Oc2ccc(C(=O)N3CCCCC3)cc2N(Cc2ccc(F)cc2)C1=O. The van der Waals surface area contributed by atoms with Crippen LogP contribution in [0.4, 0.5) is 10.1 Å². The van der Waals surface area contributed by atoms with Crippen LogP contribution in [0.15, 0.2) is 42.5 Å². The van der Waals surface area contributed by atoms with E-state index in [1.807, 2.05) is 4.90 Å². The second-order valence-electron chi connectivity index (χ2n) is 8.17. The van der Waals surface area contributed by atoms with Gasteiger partial charge in [-0.15, -0.1) is 0 Å². The van der Waals surface area contributed by atoms with Crippen molar-refractivity contribution in [3.05, 3.63) is 59.4 Å². The topological polar surface area (TPSA) is 49.9 Å². The fourth-order valence-electron chi connectivity index (χ4n) is 3.91. The molecule has 152 valence electrons. The van der Waals surface area contributed by atoms with Gasteiger partial charge in [0.05, 0.1) is 12.2 Å². The molecule has 1 saturated heterocycles. The van der Waals surface area contributed by atoms with Crippen molar-refractivity contribution in [1.82, 2.24) is 4.90 Å². The Balaban J connectivity index is 1.69. The first-order valence-corrected chi connectivity index (χ1v) is 10.0. The minimum absolute atomic E-state index is 0.0217. The number of rotatable bonds is 3. The number of nitrogens with zero attached hydrogens (tertiary/aromatic N) is 2. The number of halogens is 1. The van der Waals surface area contributed by atoms with Crippen LogP contribution in [0.3, 0.4) is 0 Å². The van der Waals surface area contributed by atoms with Crippen molar-refractivity contribution in [3.63, 3.8) is 0 Å². The summed E-state index contributed by atoms with van der Waals surface area (Å²) in [7, 11) is 0. The van der Waals surface area contributed by atoms with Crippen LogP contribution < -0.4 is 9.64 Å². The Hall–Kier alpha value is -2.89. The first-order valence-electron chi connectivity index (χ1n) is 10.0. The summed E-state index contributed by atoms with van der Waals surface area (Å²) in [5.74, 6) is 0.0208. The lowest BCUT2D eigenvalue weighted by atomic mass is 10.0. The molecule has 0 saturated carbocycles. The fourth-order valence-corrected chi connectivity index (χ4v) is 3.91. The molecule has 2 amide bonds.